The van der Waals surface area contributed by atoms with Gasteiger partial charge in [-0.1, -0.05) is 24.1 Å². The van der Waals surface area contributed by atoms with Crippen LogP contribution in [-0.2, 0) is 9.59 Å². The van der Waals surface area contributed by atoms with E-state index in [1.165, 1.54) is 4.90 Å². The molecule has 5 nitrogen and oxygen atoms in total. The largest absolute Gasteiger partial charge is 0.336 e. The molecule has 23 heavy (non-hydrogen) atoms. The maximum absolute atomic E-state index is 12.2. The first-order valence-electron chi connectivity index (χ1n) is 7.82. The minimum Gasteiger partial charge on any atom is -0.336 e. The first-order chi connectivity index (χ1) is 10.5. The molecule has 128 valence electrons. The first kappa shape index (κ1) is 19.5. The van der Waals surface area contributed by atoms with Crippen LogP contribution in [0.5, 0.6) is 0 Å². The molecule has 2 atom stereocenters. The predicted molar refractivity (Wildman–Crippen MR) is 94.6 cm³/mol. The van der Waals surface area contributed by atoms with Crippen LogP contribution in [0, 0.1) is 12.8 Å². The number of carbonyl (C=O) groups excluding carboxylic acids is 2. The molecule has 0 bridgehead atoms. The van der Waals surface area contributed by atoms with Crippen molar-refractivity contribution in [2.45, 2.75) is 38.6 Å². The van der Waals surface area contributed by atoms with Crippen molar-refractivity contribution in [2.75, 3.05) is 18.9 Å². The summed E-state index contributed by atoms with van der Waals surface area (Å²) in [5, 5.41) is 2.80. The molecule has 1 saturated carbocycles. The lowest BCUT2D eigenvalue weighted by Gasteiger charge is -2.21. The smallest absolute Gasteiger partial charge is 0.243 e. The van der Waals surface area contributed by atoms with Gasteiger partial charge in [-0.25, -0.2) is 0 Å². The first-order valence-corrected chi connectivity index (χ1v) is 7.82. The van der Waals surface area contributed by atoms with Gasteiger partial charge in [-0.2, -0.15) is 0 Å². The van der Waals surface area contributed by atoms with Crippen molar-refractivity contribution < 1.29 is 9.59 Å². The molecule has 1 aromatic rings. The molecule has 1 aliphatic rings. The molecule has 0 unspecified atom stereocenters. The summed E-state index contributed by atoms with van der Waals surface area (Å²) in [6.07, 6.45) is 3.54. The van der Waals surface area contributed by atoms with Gasteiger partial charge < -0.3 is 16.0 Å². The Morgan fingerprint density at radius 2 is 1.91 bits per heavy atom. The van der Waals surface area contributed by atoms with Gasteiger partial charge in [-0.15, -0.1) is 12.4 Å². The maximum atomic E-state index is 12.2. The third kappa shape index (κ3) is 5.84. The molecular formula is C17H26ClN3O2. The van der Waals surface area contributed by atoms with Crippen molar-refractivity contribution in [3.05, 3.63) is 29.8 Å². The Bertz CT molecular complexity index is 533. The highest BCUT2D eigenvalue weighted by Gasteiger charge is 2.27. The second kappa shape index (κ2) is 8.89. The average Bonchev–Trinajstić information content (AvgIpc) is 2.86. The zero-order valence-corrected chi connectivity index (χ0v) is 14.6. The fraction of sp³-hybridized carbons (Fsp3) is 0.529. The van der Waals surface area contributed by atoms with Crippen molar-refractivity contribution in [2.24, 2.45) is 11.7 Å². The lowest BCUT2D eigenvalue weighted by Crippen LogP contribution is -2.37. The van der Waals surface area contributed by atoms with E-state index in [1.54, 1.807) is 7.05 Å². The summed E-state index contributed by atoms with van der Waals surface area (Å²) in [5.74, 6) is 0.0620. The second-order valence-electron chi connectivity index (χ2n) is 6.22. The highest BCUT2D eigenvalue weighted by molar-refractivity contribution is 5.94. The predicted octanol–water partition coefficient (Wildman–Crippen LogP) is 2.33. The summed E-state index contributed by atoms with van der Waals surface area (Å²) < 4.78 is 0. The zero-order chi connectivity index (χ0) is 16.1. The van der Waals surface area contributed by atoms with Gasteiger partial charge >= 0.3 is 0 Å². The van der Waals surface area contributed by atoms with Crippen molar-refractivity contribution in [3.8, 4) is 0 Å². The van der Waals surface area contributed by atoms with Crippen LogP contribution in [0.25, 0.3) is 0 Å². The Morgan fingerprint density at radius 3 is 2.48 bits per heavy atom. The third-order valence-electron chi connectivity index (χ3n) is 4.30. The highest BCUT2D eigenvalue weighted by atomic mass is 35.5. The Labute approximate surface area is 144 Å². The normalized spacial score (nSPS) is 19.8. The molecule has 1 aliphatic carbocycles. The van der Waals surface area contributed by atoms with Crippen LogP contribution in [0.2, 0.25) is 0 Å². The number of halogens is 1. The summed E-state index contributed by atoms with van der Waals surface area (Å²) in [7, 11) is 1.66. The van der Waals surface area contributed by atoms with E-state index in [0.29, 0.717) is 6.42 Å². The zero-order valence-electron chi connectivity index (χ0n) is 13.7. The molecule has 6 heteroatoms. The number of rotatable bonds is 5. The number of nitrogens with zero attached hydrogens (tertiary/aromatic N) is 1. The summed E-state index contributed by atoms with van der Waals surface area (Å²) >= 11 is 0. The molecule has 0 spiro atoms. The number of hydrogen-bond donors (Lipinski definition) is 2. The van der Waals surface area contributed by atoms with E-state index in [0.717, 1.165) is 30.5 Å². The number of aryl methyl sites for hydroxylation is 1. The highest BCUT2D eigenvalue weighted by Crippen LogP contribution is 2.27. The molecule has 0 aliphatic heterocycles. The number of benzene rings is 1. The summed E-state index contributed by atoms with van der Waals surface area (Å²) in [4.78, 5) is 25.6. The number of likely N-dealkylation sites (N-methyl/N-ethyl adjacent to an activating group) is 1. The van der Waals surface area contributed by atoms with E-state index in [2.05, 4.69) is 5.32 Å². The number of hydrogen-bond acceptors (Lipinski definition) is 3. The van der Waals surface area contributed by atoms with E-state index in [1.807, 2.05) is 31.2 Å². The van der Waals surface area contributed by atoms with Crippen LogP contribution < -0.4 is 11.1 Å². The third-order valence-corrected chi connectivity index (χ3v) is 4.30. The van der Waals surface area contributed by atoms with Crippen LogP contribution in [-0.4, -0.2) is 36.3 Å². The molecule has 0 aromatic heterocycles. The van der Waals surface area contributed by atoms with Gasteiger partial charge in [-0.05, 0) is 37.8 Å². The van der Waals surface area contributed by atoms with Gasteiger partial charge in [-0.3, -0.25) is 9.59 Å². The molecule has 1 fully saturated rings. The lowest BCUT2D eigenvalue weighted by molar-refractivity contribution is -0.134. The van der Waals surface area contributed by atoms with E-state index >= 15 is 0 Å². The summed E-state index contributed by atoms with van der Waals surface area (Å²) in [6.45, 7) is 2.06. The number of amides is 2. The van der Waals surface area contributed by atoms with Gasteiger partial charge in [0, 0.05) is 25.2 Å². The Kier molecular flexibility index (Phi) is 7.52. The van der Waals surface area contributed by atoms with Gasteiger partial charge in [0.25, 0.3) is 0 Å². The van der Waals surface area contributed by atoms with Crippen molar-refractivity contribution in [1.29, 1.82) is 0 Å². The standard InChI is InChI=1S/C17H25N3O2.ClH/c1-12-6-8-14(9-7-12)19-16(21)11-20(2)17(22)10-13-4-3-5-15(13)18;/h6-9,13,15H,3-5,10-11,18H2,1-2H3,(H,19,21);1H/t13-,15+;/m0./s1. The quantitative estimate of drug-likeness (QED) is 0.864. The second-order valence-corrected chi connectivity index (χ2v) is 6.22. The Balaban J connectivity index is 0.00000264. The molecule has 0 radical (unpaired) electrons. The van der Waals surface area contributed by atoms with Crippen LogP contribution in [0.1, 0.15) is 31.2 Å². The van der Waals surface area contributed by atoms with E-state index < -0.39 is 0 Å². The molecule has 0 saturated heterocycles. The Morgan fingerprint density at radius 1 is 1.26 bits per heavy atom. The topological polar surface area (TPSA) is 75.4 Å². The molecule has 0 heterocycles. The number of anilines is 1. The summed E-state index contributed by atoms with van der Waals surface area (Å²) in [5.41, 5.74) is 7.87. The van der Waals surface area contributed by atoms with Crippen LogP contribution in [0.3, 0.4) is 0 Å². The number of nitrogens with one attached hydrogen (secondary N) is 1. The SMILES string of the molecule is Cc1ccc(NC(=O)CN(C)C(=O)C[C@@H]2CCC[C@H]2N)cc1.Cl. The number of nitrogens with two attached hydrogens (primary N) is 1. The van der Waals surface area contributed by atoms with Gasteiger partial charge in [0.1, 0.15) is 0 Å². The van der Waals surface area contributed by atoms with Crippen molar-refractivity contribution >= 4 is 29.9 Å². The fourth-order valence-corrected chi connectivity index (χ4v) is 2.84. The fourth-order valence-electron chi connectivity index (χ4n) is 2.84. The minimum absolute atomic E-state index is 0. The van der Waals surface area contributed by atoms with Gasteiger partial charge in [0.2, 0.25) is 11.8 Å². The van der Waals surface area contributed by atoms with Crippen LogP contribution in [0.15, 0.2) is 24.3 Å². The van der Waals surface area contributed by atoms with E-state index in [9.17, 15) is 9.59 Å². The average molecular weight is 340 g/mol. The van der Waals surface area contributed by atoms with Crippen molar-refractivity contribution in [1.82, 2.24) is 4.90 Å². The van der Waals surface area contributed by atoms with Crippen molar-refractivity contribution in [3.63, 3.8) is 0 Å². The maximum Gasteiger partial charge on any atom is 0.243 e. The molecule has 3 N–H and O–H groups in total. The lowest BCUT2D eigenvalue weighted by atomic mass is 9.99. The summed E-state index contributed by atoms with van der Waals surface area (Å²) in [6, 6.07) is 7.70. The van der Waals surface area contributed by atoms with Gasteiger partial charge in [0.05, 0.1) is 6.54 Å². The van der Waals surface area contributed by atoms with E-state index in [4.69, 9.17) is 5.73 Å². The minimum atomic E-state index is -0.185. The van der Waals surface area contributed by atoms with Gasteiger partial charge in [0.15, 0.2) is 0 Å². The molecule has 1 aromatic carbocycles. The monoisotopic (exact) mass is 339 g/mol. The molecular weight excluding hydrogens is 314 g/mol. The van der Waals surface area contributed by atoms with Crippen LogP contribution in [0.4, 0.5) is 5.69 Å². The molecule has 2 amide bonds. The van der Waals surface area contributed by atoms with Crippen LogP contribution >= 0.6 is 12.4 Å². The molecule has 2 rings (SSSR count). The number of carbonyl (C=O) groups is 2. The van der Waals surface area contributed by atoms with E-state index in [-0.39, 0.29) is 42.7 Å². The Hall–Kier alpha value is -1.59.